The minimum Gasteiger partial charge on any atom is -0.369 e. The molecule has 2 fully saturated rings. The first-order valence-electron chi connectivity index (χ1n) is 12.1. The van der Waals surface area contributed by atoms with Crippen molar-refractivity contribution in [2.24, 2.45) is 17.6 Å². The zero-order chi connectivity index (χ0) is 22.1. The SMILES string of the molecule is Cc1n(C2CCC(C(C(N)=O)(c3ccccc3)c3ccccc3)C2)cc[n+]1CC1CCC1. The summed E-state index contributed by atoms with van der Waals surface area (Å²) >= 11 is 0. The van der Waals surface area contributed by atoms with E-state index in [4.69, 9.17) is 5.73 Å². The number of nitrogens with two attached hydrogens (primary N) is 1. The summed E-state index contributed by atoms with van der Waals surface area (Å²) in [5.41, 5.74) is 7.47. The fourth-order valence-electron chi connectivity index (χ4n) is 6.18. The third-order valence-electron chi connectivity index (χ3n) is 8.13. The fourth-order valence-corrected chi connectivity index (χ4v) is 6.18. The van der Waals surface area contributed by atoms with Crippen LogP contribution < -0.4 is 10.3 Å². The number of imidazole rings is 1. The summed E-state index contributed by atoms with van der Waals surface area (Å²) in [5, 5.41) is 0. The van der Waals surface area contributed by atoms with E-state index in [0.29, 0.717) is 6.04 Å². The molecule has 1 amide bonds. The van der Waals surface area contributed by atoms with E-state index < -0.39 is 5.41 Å². The number of rotatable bonds is 7. The maximum absolute atomic E-state index is 13.3. The minimum absolute atomic E-state index is 0.164. The van der Waals surface area contributed by atoms with Crippen molar-refractivity contribution in [3.05, 3.63) is 90.0 Å². The van der Waals surface area contributed by atoms with Crippen LogP contribution in [0.4, 0.5) is 0 Å². The molecule has 1 heterocycles. The second-order valence-electron chi connectivity index (χ2n) is 9.77. The van der Waals surface area contributed by atoms with Gasteiger partial charge in [0.05, 0.1) is 6.54 Å². The molecule has 166 valence electrons. The van der Waals surface area contributed by atoms with E-state index in [-0.39, 0.29) is 11.8 Å². The predicted octanol–water partition coefficient (Wildman–Crippen LogP) is 4.70. The van der Waals surface area contributed by atoms with Crippen molar-refractivity contribution in [3.8, 4) is 0 Å². The van der Waals surface area contributed by atoms with E-state index in [1.807, 2.05) is 36.4 Å². The Labute approximate surface area is 191 Å². The van der Waals surface area contributed by atoms with Gasteiger partial charge in [-0.1, -0.05) is 67.1 Å². The maximum atomic E-state index is 13.3. The lowest BCUT2D eigenvalue weighted by atomic mass is 9.64. The Morgan fingerprint density at radius 1 is 1.00 bits per heavy atom. The normalized spacial score (nSPS) is 21.4. The molecular weight excluding hydrogens is 394 g/mol. The largest absolute Gasteiger partial charge is 0.369 e. The molecule has 4 nitrogen and oxygen atoms in total. The monoisotopic (exact) mass is 428 g/mol. The van der Waals surface area contributed by atoms with Crippen LogP contribution >= 0.6 is 0 Å². The first-order valence-corrected chi connectivity index (χ1v) is 12.1. The molecule has 5 rings (SSSR count). The number of nitrogens with zero attached hydrogens (tertiary/aromatic N) is 2. The summed E-state index contributed by atoms with van der Waals surface area (Å²) in [6.07, 6.45) is 11.6. The second kappa shape index (κ2) is 8.57. The number of carbonyl (C=O) groups is 1. The Kier molecular flexibility index (Phi) is 5.62. The van der Waals surface area contributed by atoms with Crippen molar-refractivity contribution in [2.75, 3.05) is 0 Å². The van der Waals surface area contributed by atoms with Gasteiger partial charge in [0.25, 0.3) is 5.82 Å². The van der Waals surface area contributed by atoms with Gasteiger partial charge in [-0.3, -0.25) is 4.79 Å². The number of aromatic nitrogens is 2. The Morgan fingerprint density at radius 2 is 1.62 bits per heavy atom. The molecule has 2 saturated carbocycles. The van der Waals surface area contributed by atoms with E-state index in [1.165, 1.54) is 25.1 Å². The van der Waals surface area contributed by atoms with Gasteiger partial charge < -0.3 is 5.73 Å². The number of benzene rings is 2. The molecule has 2 aromatic carbocycles. The van der Waals surface area contributed by atoms with Crippen molar-refractivity contribution < 1.29 is 9.36 Å². The highest BCUT2D eigenvalue weighted by Gasteiger charge is 2.51. The molecule has 0 saturated heterocycles. The molecule has 0 bridgehead atoms. The van der Waals surface area contributed by atoms with E-state index in [2.05, 4.69) is 52.7 Å². The summed E-state index contributed by atoms with van der Waals surface area (Å²) in [6.45, 7) is 3.37. The fraction of sp³-hybridized carbons (Fsp3) is 0.429. The summed E-state index contributed by atoms with van der Waals surface area (Å²) in [5.74, 6) is 2.08. The van der Waals surface area contributed by atoms with Crippen LogP contribution in [0.15, 0.2) is 73.1 Å². The second-order valence-corrected chi connectivity index (χ2v) is 9.77. The van der Waals surface area contributed by atoms with Gasteiger partial charge in [-0.05, 0) is 55.1 Å². The third kappa shape index (κ3) is 3.46. The average Bonchev–Trinajstić information content (AvgIpc) is 3.40. The van der Waals surface area contributed by atoms with Crippen molar-refractivity contribution in [2.45, 2.75) is 63.5 Å². The minimum atomic E-state index is -0.805. The topological polar surface area (TPSA) is 51.9 Å². The van der Waals surface area contributed by atoms with E-state index in [0.717, 1.165) is 42.9 Å². The van der Waals surface area contributed by atoms with Gasteiger partial charge in [-0.2, -0.15) is 0 Å². The molecule has 32 heavy (non-hydrogen) atoms. The van der Waals surface area contributed by atoms with Crippen molar-refractivity contribution in [1.82, 2.24) is 4.57 Å². The van der Waals surface area contributed by atoms with Crippen LogP contribution in [0.2, 0.25) is 0 Å². The van der Waals surface area contributed by atoms with Gasteiger partial charge in [0.1, 0.15) is 23.9 Å². The number of hydrogen-bond acceptors (Lipinski definition) is 1. The van der Waals surface area contributed by atoms with Crippen LogP contribution in [0.1, 0.15) is 61.5 Å². The molecular formula is C28H34N3O+. The Bertz CT molecular complexity index is 1030. The molecule has 4 heteroatoms. The predicted molar refractivity (Wildman–Crippen MR) is 126 cm³/mol. The third-order valence-corrected chi connectivity index (χ3v) is 8.13. The summed E-state index contributed by atoms with van der Waals surface area (Å²) < 4.78 is 4.87. The molecule has 0 radical (unpaired) electrons. The lowest BCUT2D eigenvalue weighted by Crippen LogP contribution is -2.47. The van der Waals surface area contributed by atoms with Gasteiger partial charge in [0, 0.05) is 6.92 Å². The number of primary amides is 1. The molecule has 2 atom stereocenters. The van der Waals surface area contributed by atoms with E-state index in [1.54, 1.807) is 0 Å². The molecule has 2 aliphatic carbocycles. The smallest absolute Gasteiger partial charge is 0.253 e. The van der Waals surface area contributed by atoms with Crippen LogP contribution in [0.3, 0.4) is 0 Å². The quantitative estimate of drug-likeness (QED) is 0.545. The average molecular weight is 429 g/mol. The van der Waals surface area contributed by atoms with Gasteiger partial charge in [-0.15, -0.1) is 0 Å². The summed E-state index contributed by atoms with van der Waals surface area (Å²) in [7, 11) is 0. The van der Waals surface area contributed by atoms with Crippen molar-refractivity contribution in [3.63, 3.8) is 0 Å². The number of carbonyl (C=O) groups excluding carboxylic acids is 1. The lowest BCUT2D eigenvalue weighted by Gasteiger charge is -2.37. The van der Waals surface area contributed by atoms with Crippen molar-refractivity contribution in [1.29, 1.82) is 0 Å². The maximum Gasteiger partial charge on any atom is 0.253 e. The molecule has 0 spiro atoms. The lowest BCUT2D eigenvalue weighted by molar-refractivity contribution is -0.710. The van der Waals surface area contributed by atoms with Gasteiger partial charge in [0.15, 0.2) is 0 Å². The first-order chi connectivity index (χ1) is 15.6. The molecule has 0 aliphatic heterocycles. The summed E-state index contributed by atoms with van der Waals surface area (Å²) in [6, 6.07) is 20.7. The molecule has 3 aromatic rings. The van der Waals surface area contributed by atoms with Crippen molar-refractivity contribution >= 4 is 5.91 Å². The van der Waals surface area contributed by atoms with Crippen LogP contribution in [-0.4, -0.2) is 10.5 Å². The zero-order valence-corrected chi connectivity index (χ0v) is 19.0. The molecule has 2 N–H and O–H groups in total. The van der Waals surface area contributed by atoms with Crippen LogP contribution in [0.25, 0.3) is 0 Å². The Hall–Kier alpha value is -2.88. The van der Waals surface area contributed by atoms with Crippen LogP contribution in [-0.2, 0) is 16.8 Å². The Balaban J connectivity index is 1.49. The molecule has 2 unspecified atom stereocenters. The highest BCUT2D eigenvalue weighted by molar-refractivity contribution is 5.91. The van der Waals surface area contributed by atoms with Crippen LogP contribution in [0, 0.1) is 18.8 Å². The standard InChI is InChI=1S/C28H33N3O/c1-21-30(20-22-9-8-10-22)17-18-31(21)26-16-15-25(19-26)28(27(29)32,23-11-4-2-5-12-23)24-13-6-3-7-14-24/h2-7,11-14,17-18,22,25-26H,8-10,15-16,19-20H2,1H3,(H-,29,32)/p+1. The highest BCUT2D eigenvalue weighted by Crippen LogP contribution is 2.50. The van der Waals surface area contributed by atoms with E-state index >= 15 is 0 Å². The van der Waals surface area contributed by atoms with Crippen LogP contribution in [0.5, 0.6) is 0 Å². The first kappa shape index (κ1) is 21.0. The van der Waals surface area contributed by atoms with Gasteiger partial charge in [0.2, 0.25) is 5.91 Å². The zero-order valence-electron chi connectivity index (χ0n) is 19.0. The van der Waals surface area contributed by atoms with Gasteiger partial charge >= 0.3 is 0 Å². The highest BCUT2D eigenvalue weighted by atomic mass is 16.1. The number of hydrogen-bond donors (Lipinski definition) is 1. The Morgan fingerprint density at radius 3 is 2.16 bits per heavy atom. The summed E-state index contributed by atoms with van der Waals surface area (Å²) in [4.78, 5) is 13.3. The molecule has 2 aliphatic rings. The number of amides is 1. The van der Waals surface area contributed by atoms with E-state index in [9.17, 15) is 4.79 Å². The van der Waals surface area contributed by atoms with Gasteiger partial charge in [-0.25, -0.2) is 9.13 Å². The molecule has 1 aromatic heterocycles.